The van der Waals surface area contributed by atoms with Crippen molar-refractivity contribution in [2.45, 2.75) is 6.18 Å². The van der Waals surface area contributed by atoms with Crippen LogP contribution in [0.5, 0.6) is 0 Å². The van der Waals surface area contributed by atoms with E-state index in [4.69, 9.17) is 18.8 Å². The number of alkyl halides is 3. The van der Waals surface area contributed by atoms with Crippen LogP contribution in [0.2, 0.25) is 0 Å². The van der Waals surface area contributed by atoms with E-state index in [1.807, 2.05) is 0 Å². The Morgan fingerprint density at radius 3 is 1.22 bits per heavy atom. The van der Waals surface area contributed by atoms with E-state index in [2.05, 4.69) is 44.2 Å². The number of rotatable bonds is 0. The molecular weight excluding hydrogens is 425 g/mol. The minimum Gasteiger partial charge on any atom is -0.999 e. The molecule has 0 N–H and O–H groups in total. The SMILES string of the molecule is O=[C-]C(F)(F)F.[C-]#[O+].[C-]#[O+].[C-]#[O+].[W].[c-]1[c-][c-][cH-][c-]1. The zero-order valence-corrected chi connectivity index (χ0v) is 11.2. The molecule has 18 heavy (non-hydrogen) atoms. The normalized spacial score (nSPS) is 6.28. The van der Waals surface area contributed by atoms with Gasteiger partial charge in [-0.1, -0.05) is 0 Å². The molecule has 1 rings (SSSR count). The monoisotopic (exact) mass is 426 g/mol. The van der Waals surface area contributed by atoms with Gasteiger partial charge in [-0.15, -0.1) is 0 Å². The van der Waals surface area contributed by atoms with Gasteiger partial charge in [0.2, 0.25) is 0 Å². The van der Waals surface area contributed by atoms with E-state index in [0.29, 0.717) is 0 Å². The Morgan fingerprint density at radius 2 is 1.17 bits per heavy atom. The van der Waals surface area contributed by atoms with Crippen molar-refractivity contribution >= 4 is 6.29 Å². The van der Waals surface area contributed by atoms with Gasteiger partial charge in [-0.3, -0.25) is 0 Å². The van der Waals surface area contributed by atoms with E-state index in [0.717, 1.165) is 0 Å². The number of hydrogen-bond donors (Lipinski definition) is 0. The van der Waals surface area contributed by atoms with Crippen LogP contribution in [0.15, 0.2) is 6.07 Å². The van der Waals surface area contributed by atoms with Crippen LogP contribution in [0.4, 0.5) is 13.2 Å². The Bertz CT molecular complexity index is 257. The summed E-state index contributed by atoms with van der Waals surface area (Å²) in [6.45, 7) is 13.5. The molecule has 98 valence electrons. The van der Waals surface area contributed by atoms with Crippen LogP contribution in [0.25, 0.3) is 0 Å². The van der Waals surface area contributed by atoms with Gasteiger partial charge in [0.05, 0.1) is 0 Å². The summed E-state index contributed by atoms with van der Waals surface area (Å²) < 4.78 is 53.6. The molecule has 0 heterocycles. The molecule has 0 spiro atoms. The van der Waals surface area contributed by atoms with Crippen molar-refractivity contribution in [3.05, 3.63) is 50.3 Å². The minimum atomic E-state index is -4.76. The second-order valence-electron chi connectivity index (χ2n) is 1.28. The second kappa shape index (κ2) is 29.6. The molecule has 0 aromatic heterocycles. The molecule has 1 aromatic rings. The fraction of sp³-hybridized carbons (Fsp3) is 0.100. The van der Waals surface area contributed by atoms with Crippen LogP contribution >= 0.6 is 0 Å². The van der Waals surface area contributed by atoms with Crippen LogP contribution in [0.3, 0.4) is 0 Å². The Labute approximate surface area is 116 Å². The van der Waals surface area contributed by atoms with Crippen molar-refractivity contribution < 1.29 is 53.0 Å². The van der Waals surface area contributed by atoms with Gasteiger partial charge in [0.1, 0.15) is 0 Å². The Kier molecular flexibility index (Phi) is 49.5. The third kappa shape index (κ3) is 61.4. The van der Waals surface area contributed by atoms with Crippen molar-refractivity contribution in [2.75, 3.05) is 0 Å². The van der Waals surface area contributed by atoms with Gasteiger partial charge in [0.15, 0.2) is 0 Å². The molecule has 0 aliphatic rings. The van der Waals surface area contributed by atoms with Crippen LogP contribution in [-0.2, 0) is 39.8 Å². The maximum absolute atomic E-state index is 10.4. The first-order valence-electron chi connectivity index (χ1n) is 2.96. The maximum Gasteiger partial charge on any atom is 0 e. The summed E-state index contributed by atoms with van der Waals surface area (Å²) in [5.74, 6) is 0. The predicted octanol–water partition coefficient (Wildman–Crippen LogP) is 1.15. The summed E-state index contributed by atoms with van der Waals surface area (Å²) in [6, 6.07) is 12.0. The summed E-state index contributed by atoms with van der Waals surface area (Å²) in [7, 11) is 0. The summed E-state index contributed by atoms with van der Waals surface area (Å²) >= 11 is 0. The van der Waals surface area contributed by atoms with Crippen molar-refractivity contribution in [3.63, 3.8) is 0 Å². The fourth-order valence-corrected chi connectivity index (χ4v) is 0.180. The number of carbonyl (C=O) groups excluding carboxylic acids is 1. The van der Waals surface area contributed by atoms with Crippen LogP contribution in [-0.4, -0.2) is 12.5 Å². The van der Waals surface area contributed by atoms with Crippen molar-refractivity contribution in [1.82, 2.24) is 0 Å². The van der Waals surface area contributed by atoms with Crippen molar-refractivity contribution in [2.24, 2.45) is 0 Å². The number of halogens is 3. The van der Waals surface area contributed by atoms with Crippen LogP contribution in [0, 0.1) is 44.2 Å². The molecule has 0 radical (unpaired) electrons. The summed E-state index contributed by atoms with van der Waals surface area (Å²) in [4.78, 5) is 8.58. The molecule has 0 aliphatic carbocycles. The van der Waals surface area contributed by atoms with Gasteiger partial charge in [0, 0.05) is 21.1 Å². The van der Waals surface area contributed by atoms with E-state index in [-0.39, 0.29) is 27.4 Å². The molecule has 0 amide bonds. The van der Waals surface area contributed by atoms with Gasteiger partial charge < -0.3 is 35.1 Å². The van der Waals surface area contributed by atoms with Crippen LogP contribution in [0.1, 0.15) is 0 Å². The van der Waals surface area contributed by atoms with E-state index >= 15 is 0 Å². The van der Waals surface area contributed by atoms with Gasteiger partial charge >= 0.3 is 33.9 Å². The molecule has 0 atom stereocenters. The zero-order chi connectivity index (χ0) is 14.7. The molecule has 0 bridgehead atoms. The second-order valence-corrected chi connectivity index (χ2v) is 1.28. The molecular formula is C10HF3O4W-6. The third-order valence-electron chi connectivity index (χ3n) is 0.467. The average molecular weight is 426 g/mol. The third-order valence-corrected chi connectivity index (χ3v) is 0.467. The molecule has 8 heteroatoms. The molecule has 0 saturated carbocycles. The van der Waals surface area contributed by atoms with Crippen LogP contribution < -0.4 is 0 Å². The summed E-state index contributed by atoms with van der Waals surface area (Å²) in [5, 5.41) is 0. The van der Waals surface area contributed by atoms with E-state index in [9.17, 15) is 13.2 Å². The number of hydrogen-bond acceptors (Lipinski definition) is 1. The Morgan fingerprint density at radius 1 is 0.944 bits per heavy atom. The predicted molar refractivity (Wildman–Crippen MR) is 40.9 cm³/mol. The van der Waals surface area contributed by atoms with Crippen molar-refractivity contribution in [1.29, 1.82) is 0 Å². The zero-order valence-electron chi connectivity index (χ0n) is 8.25. The fourth-order valence-electron chi connectivity index (χ4n) is 0.180. The topological polar surface area (TPSA) is 76.8 Å². The standard InChI is InChI=1S/C5H.C2F3O.3CO.W/c1-2-4-5-3-1;3-2(4,5)1-6;3*1-2;/h1H;;;;;/q-5;-1;;;;. The molecule has 4 nitrogen and oxygen atoms in total. The smallest absolute Gasteiger partial charge is 0 e. The van der Waals surface area contributed by atoms with E-state index in [1.165, 1.54) is 0 Å². The first kappa shape index (κ1) is 30.1. The molecule has 0 aliphatic heterocycles. The Balaban J connectivity index is -0.0000000428. The van der Waals surface area contributed by atoms with Crippen molar-refractivity contribution in [3.8, 4) is 0 Å². The molecule has 0 unspecified atom stereocenters. The molecule has 1 aromatic carbocycles. The average Bonchev–Trinajstić information content (AvgIpc) is 2.95. The largest absolute Gasteiger partial charge is 0.999 e. The van der Waals surface area contributed by atoms with E-state index < -0.39 is 6.18 Å². The first-order chi connectivity index (χ1) is 8.06. The van der Waals surface area contributed by atoms with Gasteiger partial charge in [-0.25, -0.2) is 13.2 Å². The quantitative estimate of drug-likeness (QED) is 0.453. The molecule has 0 fully saturated rings. The minimum absolute atomic E-state index is 0. The first-order valence-corrected chi connectivity index (χ1v) is 2.96. The maximum atomic E-state index is 10.4. The Hall–Kier alpha value is -1.28. The van der Waals surface area contributed by atoms with Gasteiger partial charge in [-0.2, -0.15) is 6.29 Å². The van der Waals surface area contributed by atoms with Gasteiger partial charge in [0.25, 0.3) is 6.18 Å². The van der Waals surface area contributed by atoms with Gasteiger partial charge in [-0.05, 0) is 0 Å². The van der Waals surface area contributed by atoms with E-state index in [1.54, 1.807) is 6.07 Å². The summed E-state index contributed by atoms with van der Waals surface area (Å²) in [6.07, 6.45) is -4.91. The molecule has 0 saturated heterocycles. The summed E-state index contributed by atoms with van der Waals surface area (Å²) in [5.41, 5.74) is 0.